The maximum atomic E-state index is 13.7. The summed E-state index contributed by atoms with van der Waals surface area (Å²) in [6.45, 7) is 10.3. The first kappa shape index (κ1) is 26.6. The molecule has 0 N–H and O–H groups in total. The van der Waals surface area contributed by atoms with Gasteiger partial charge in [0.2, 0.25) is 0 Å². The van der Waals surface area contributed by atoms with Gasteiger partial charge in [0.1, 0.15) is 18.1 Å². The number of esters is 1. The van der Waals surface area contributed by atoms with Gasteiger partial charge < -0.3 is 14.2 Å². The second kappa shape index (κ2) is 11.7. The summed E-state index contributed by atoms with van der Waals surface area (Å²) < 4.78 is 19.4. The SMILES string of the molecule is C=CCOc1ccc([C@H]2C(C(=O)OCC)=C(C)N=c3s/c(=C\c4ccc(OCC)c(Br)c4)c(=O)n32)cc1. The van der Waals surface area contributed by atoms with Gasteiger partial charge in [-0.05, 0) is 78.2 Å². The summed E-state index contributed by atoms with van der Waals surface area (Å²) in [4.78, 5) is 31.9. The molecule has 192 valence electrons. The molecule has 0 saturated heterocycles. The van der Waals surface area contributed by atoms with Crippen LogP contribution in [0.5, 0.6) is 11.5 Å². The molecular formula is C28H27BrN2O5S. The Bertz CT molecular complexity index is 1540. The van der Waals surface area contributed by atoms with E-state index in [1.165, 1.54) is 11.3 Å². The fourth-order valence-electron chi connectivity index (χ4n) is 4.04. The number of hydrogen-bond donors (Lipinski definition) is 0. The van der Waals surface area contributed by atoms with Crippen LogP contribution < -0.4 is 24.4 Å². The Balaban J connectivity index is 1.85. The lowest BCUT2D eigenvalue weighted by Gasteiger charge is -2.24. The van der Waals surface area contributed by atoms with Gasteiger partial charge in [0, 0.05) is 0 Å². The average molecular weight is 584 g/mol. The van der Waals surface area contributed by atoms with Crippen LogP contribution in [0.2, 0.25) is 0 Å². The Kier molecular flexibility index (Phi) is 8.45. The van der Waals surface area contributed by atoms with Crippen LogP contribution in [0.3, 0.4) is 0 Å². The molecular weight excluding hydrogens is 556 g/mol. The summed E-state index contributed by atoms with van der Waals surface area (Å²) in [7, 11) is 0. The number of thiazole rings is 1. The van der Waals surface area contributed by atoms with E-state index < -0.39 is 12.0 Å². The Morgan fingerprint density at radius 3 is 2.57 bits per heavy atom. The normalized spacial score (nSPS) is 15.1. The largest absolute Gasteiger partial charge is 0.493 e. The number of carbonyl (C=O) groups is 1. The maximum absolute atomic E-state index is 13.7. The third-order valence-electron chi connectivity index (χ3n) is 5.63. The van der Waals surface area contributed by atoms with Crippen LogP contribution in [0.4, 0.5) is 0 Å². The first-order valence-electron chi connectivity index (χ1n) is 11.8. The molecule has 0 amide bonds. The van der Waals surface area contributed by atoms with Crippen molar-refractivity contribution >= 4 is 39.3 Å². The van der Waals surface area contributed by atoms with Gasteiger partial charge in [-0.1, -0.05) is 42.2 Å². The number of hydrogen-bond acceptors (Lipinski definition) is 7. The molecule has 0 saturated carbocycles. The van der Waals surface area contributed by atoms with Crippen molar-refractivity contribution in [3.05, 3.63) is 102 Å². The second-order valence-electron chi connectivity index (χ2n) is 8.09. The zero-order valence-corrected chi connectivity index (χ0v) is 23.2. The van der Waals surface area contributed by atoms with Crippen molar-refractivity contribution in [2.75, 3.05) is 19.8 Å². The first-order chi connectivity index (χ1) is 17.9. The van der Waals surface area contributed by atoms with Crippen molar-refractivity contribution in [3.8, 4) is 11.5 Å². The van der Waals surface area contributed by atoms with Crippen LogP contribution >= 0.6 is 27.3 Å². The number of fused-ring (bicyclic) bond motifs is 1. The summed E-state index contributed by atoms with van der Waals surface area (Å²) in [6, 6.07) is 12.3. The zero-order valence-electron chi connectivity index (χ0n) is 20.8. The summed E-state index contributed by atoms with van der Waals surface area (Å²) >= 11 is 4.81. The topological polar surface area (TPSA) is 79.1 Å². The lowest BCUT2D eigenvalue weighted by atomic mass is 9.96. The highest BCUT2D eigenvalue weighted by Crippen LogP contribution is 2.32. The first-order valence-corrected chi connectivity index (χ1v) is 13.4. The van der Waals surface area contributed by atoms with E-state index in [-0.39, 0.29) is 12.2 Å². The molecule has 0 aliphatic carbocycles. The van der Waals surface area contributed by atoms with Gasteiger partial charge in [-0.25, -0.2) is 9.79 Å². The molecule has 37 heavy (non-hydrogen) atoms. The Hall–Kier alpha value is -3.43. The van der Waals surface area contributed by atoms with E-state index in [1.807, 2.05) is 55.5 Å². The predicted octanol–water partition coefficient (Wildman–Crippen LogP) is 4.52. The number of carbonyl (C=O) groups excluding carboxylic acids is 1. The van der Waals surface area contributed by atoms with Gasteiger partial charge in [-0.15, -0.1) is 0 Å². The minimum absolute atomic E-state index is 0.216. The van der Waals surface area contributed by atoms with Crippen LogP contribution in [0.25, 0.3) is 6.08 Å². The number of nitrogens with zero attached hydrogens (tertiary/aromatic N) is 2. The third-order valence-corrected chi connectivity index (χ3v) is 7.24. The zero-order chi connectivity index (χ0) is 26.5. The molecule has 4 rings (SSSR count). The monoisotopic (exact) mass is 582 g/mol. The maximum Gasteiger partial charge on any atom is 0.338 e. The van der Waals surface area contributed by atoms with E-state index in [1.54, 1.807) is 24.5 Å². The fourth-order valence-corrected chi connectivity index (χ4v) is 5.60. The number of allylic oxidation sites excluding steroid dienone is 1. The van der Waals surface area contributed by atoms with Crippen molar-refractivity contribution in [1.82, 2.24) is 4.57 Å². The number of aromatic nitrogens is 1. The van der Waals surface area contributed by atoms with E-state index in [2.05, 4.69) is 27.5 Å². The number of benzene rings is 2. The van der Waals surface area contributed by atoms with E-state index in [0.29, 0.717) is 39.6 Å². The molecule has 9 heteroatoms. The smallest absolute Gasteiger partial charge is 0.338 e. The molecule has 2 heterocycles. The van der Waals surface area contributed by atoms with Gasteiger partial charge in [-0.2, -0.15) is 0 Å². The minimum atomic E-state index is -0.682. The number of ether oxygens (including phenoxy) is 3. The highest BCUT2D eigenvalue weighted by Gasteiger charge is 2.33. The molecule has 0 fully saturated rings. The molecule has 2 aromatic carbocycles. The van der Waals surface area contributed by atoms with Gasteiger partial charge in [0.15, 0.2) is 4.80 Å². The number of rotatable bonds is 9. The highest BCUT2D eigenvalue weighted by molar-refractivity contribution is 9.10. The van der Waals surface area contributed by atoms with Gasteiger partial charge >= 0.3 is 5.97 Å². The van der Waals surface area contributed by atoms with Crippen molar-refractivity contribution < 1.29 is 19.0 Å². The van der Waals surface area contributed by atoms with Crippen molar-refractivity contribution in [2.24, 2.45) is 4.99 Å². The van der Waals surface area contributed by atoms with Crippen molar-refractivity contribution in [3.63, 3.8) is 0 Å². The molecule has 1 aliphatic heterocycles. The van der Waals surface area contributed by atoms with E-state index in [4.69, 9.17) is 14.2 Å². The number of halogens is 1. The lowest BCUT2D eigenvalue weighted by molar-refractivity contribution is -0.139. The van der Waals surface area contributed by atoms with Crippen LogP contribution in [-0.4, -0.2) is 30.4 Å². The van der Waals surface area contributed by atoms with E-state index >= 15 is 0 Å². The summed E-state index contributed by atoms with van der Waals surface area (Å²) in [5.41, 5.74) is 2.21. The molecule has 1 aliphatic rings. The third kappa shape index (κ3) is 5.62. The molecule has 0 bridgehead atoms. The molecule has 0 radical (unpaired) electrons. The summed E-state index contributed by atoms with van der Waals surface area (Å²) in [6.07, 6.45) is 3.48. The van der Waals surface area contributed by atoms with Crippen molar-refractivity contribution in [1.29, 1.82) is 0 Å². The average Bonchev–Trinajstić information content (AvgIpc) is 3.18. The van der Waals surface area contributed by atoms with Crippen molar-refractivity contribution in [2.45, 2.75) is 26.8 Å². The van der Waals surface area contributed by atoms with Gasteiger partial charge in [0.25, 0.3) is 5.56 Å². The molecule has 1 aromatic heterocycles. The molecule has 0 spiro atoms. The predicted molar refractivity (Wildman–Crippen MR) is 148 cm³/mol. The van der Waals surface area contributed by atoms with Crippen LogP contribution in [-0.2, 0) is 9.53 Å². The summed E-state index contributed by atoms with van der Waals surface area (Å²) in [5.74, 6) is 0.900. The van der Waals surface area contributed by atoms with Crippen LogP contribution in [0, 0.1) is 0 Å². The molecule has 0 unspecified atom stereocenters. The molecule has 1 atom stereocenters. The van der Waals surface area contributed by atoms with Crippen LogP contribution in [0.15, 0.2) is 80.6 Å². The van der Waals surface area contributed by atoms with Crippen LogP contribution in [0.1, 0.15) is 37.9 Å². The quantitative estimate of drug-likeness (QED) is 0.274. The Labute approximate surface area is 227 Å². The summed E-state index contributed by atoms with van der Waals surface area (Å²) in [5, 5.41) is 0. The second-order valence-corrected chi connectivity index (χ2v) is 9.96. The lowest BCUT2D eigenvalue weighted by Crippen LogP contribution is -2.39. The van der Waals surface area contributed by atoms with E-state index in [0.717, 1.165) is 21.3 Å². The Morgan fingerprint density at radius 2 is 1.92 bits per heavy atom. The van der Waals surface area contributed by atoms with Gasteiger partial charge in [0.05, 0.1) is 39.5 Å². The highest BCUT2D eigenvalue weighted by atomic mass is 79.9. The standard InChI is InChI=1S/C28H27BrN2O5S/c1-5-14-36-20-11-9-19(10-12-20)25-24(27(33)35-7-3)17(4)30-28-31(25)26(32)23(37-28)16-18-8-13-22(34-6-2)21(29)15-18/h5,8-13,15-16,25H,1,6-7,14H2,2-4H3/b23-16-/t25-/m0/s1. The Morgan fingerprint density at radius 1 is 1.16 bits per heavy atom. The molecule has 3 aromatic rings. The minimum Gasteiger partial charge on any atom is -0.493 e. The van der Waals surface area contributed by atoms with Gasteiger partial charge in [-0.3, -0.25) is 9.36 Å². The van der Waals surface area contributed by atoms with E-state index in [9.17, 15) is 9.59 Å². The fraction of sp³-hybridized carbons (Fsp3) is 0.250. The molecule has 7 nitrogen and oxygen atoms in total.